The van der Waals surface area contributed by atoms with Gasteiger partial charge in [0.15, 0.2) is 0 Å². The van der Waals surface area contributed by atoms with Gasteiger partial charge in [0.1, 0.15) is 0 Å². The van der Waals surface area contributed by atoms with E-state index in [4.69, 9.17) is 0 Å². The highest BCUT2D eigenvalue weighted by atomic mass is 16.2. The number of nitrogens with zero attached hydrogens (tertiary/aromatic N) is 2. The number of anilines is 1. The lowest BCUT2D eigenvalue weighted by molar-refractivity contribution is 0.196. The quantitative estimate of drug-likeness (QED) is 0.917. The first-order valence-electron chi connectivity index (χ1n) is 9.72. The van der Waals surface area contributed by atoms with Gasteiger partial charge >= 0.3 is 6.03 Å². The van der Waals surface area contributed by atoms with Crippen molar-refractivity contribution in [1.82, 2.24) is 10.2 Å². The predicted octanol–water partition coefficient (Wildman–Crippen LogP) is 3.47. The van der Waals surface area contributed by atoms with E-state index in [1.165, 1.54) is 11.1 Å². The minimum absolute atomic E-state index is 0.0673. The Morgan fingerprint density at radius 1 is 0.962 bits per heavy atom. The van der Waals surface area contributed by atoms with E-state index < -0.39 is 0 Å². The molecule has 4 nitrogen and oxygen atoms in total. The van der Waals surface area contributed by atoms with Crippen molar-refractivity contribution in [2.45, 2.75) is 31.7 Å². The molecule has 136 valence electrons. The largest absolute Gasteiger partial charge is 0.335 e. The van der Waals surface area contributed by atoms with E-state index in [1.54, 1.807) is 0 Å². The van der Waals surface area contributed by atoms with E-state index >= 15 is 0 Å². The lowest BCUT2D eigenvalue weighted by atomic mass is 10.0. The third-order valence-corrected chi connectivity index (χ3v) is 5.61. The van der Waals surface area contributed by atoms with Crippen LogP contribution in [-0.4, -0.2) is 43.2 Å². The van der Waals surface area contributed by atoms with Crippen molar-refractivity contribution < 1.29 is 4.79 Å². The Balaban J connectivity index is 1.23. The van der Waals surface area contributed by atoms with E-state index in [0.717, 1.165) is 57.5 Å². The molecule has 0 unspecified atom stereocenters. The van der Waals surface area contributed by atoms with Crippen molar-refractivity contribution in [3.63, 3.8) is 0 Å². The minimum atomic E-state index is 0.0673. The van der Waals surface area contributed by atoms with E-state index in [9.17, 15) is 4.79 Å². The summed E-state index contributed by atoms with van der Waals surface area (Å²) >= 11 is 0. The van der Waals surface area contributed by atoms with Crippen LogP contribution in [0, 0.1) is 0 Å². The van der Waals surface area contributed by atoms with Crippen molar-refractivity contribution in [1.29, 1.82) is 0 Å². The number of para-hydroxylation sites is 1. The number of likely N-dealkylation sites (tertiary alicyclic amines) is 1. The predicted molar refractivity (Wildman–Crippen MR) is 106 cm³/mol. The van der Waals surface area contributed by atoms with Gasteiger partial charge in [-0.3, -0.25) is 4.90 Å². The molecule has 1 saturated heterocycles. The van der Waals surface area contributed by atoms with Crippen LogP contribution in [0.25, 0.3) is 0 Å². The number of rotatable bonds is 4. The maximum absolute atomic E-state index is 12.7. The summed E-state index contributed by atoms with van der Waals surface area (Å²) in [4.78, 5) is 17.1. The van der Waals surface area contributed by atoms with Gasteiger partial charge in [0, 0.05) is 37.9 Å². The Bertz CT molecular complexity index is 738. The van der Waals surface area contributed by atoms with Gasteiger partial charge in [0.2, 0.25) is 0 Å². The molecule has 0 aliphatic carbocycles. The number of hydrogen-bond acceptors (Lipinski definition) is 2. The molecule has 2 aromatic rings. The zero-order valence-corrected chi connectivity index (χ0v) is 15.2. The second-order valence-electron chi connectivity index (χ2n) is 7.33. The molecule has 0 atom stereocenters. The van der Waals surface area contributed by atoms with Crippen molar-refractivity contribution in [3.8, 4) is 0 Å². The van der Waals surface area contributed by atoms with Gasteiger partial charge in [-0.15, -0.1) is 0 Å². The zero-order chi connectivity index (χ0) is 17.8. The second-order valence-corrected chi connectivity index (χ2v) is 7.33. The molecule has 4 rings (SSSR count). The zero-order valence-electron chi connectivity index (χ0n) is 15.2. The van der Waals surface area contributed by atoms with Gasteiger partial charge in [0.25, 0.3) is 0 Å². The van der Waals surface area contributed by atoms with Crippen molar-refractivity contribution in [2.24, 2.45) is 0 Å². The average molecular weight is 349 g/mol. The monoisotopic (exact) mass is 349 g/mol. The van der Waals surface area contributed by atoms with Gasteiger partial charge in [-0.25, -0.2) is 4.79 Å². The summed E-state index contributed by atoms with van der Waals surface area (Å²) in [5.41, 5.74) is 3.75. The van der Waals surface area contributed by atoms with Crippen LogP contribution in [0.5, 0.6) is 0 Å². The van der Waals surface area contributed by atoms with Gasteiger partial charge in [-0.05, 0) is 42.9 Å². The van der Waals surface area contributed by atoms with E-state index in [1.807, 2.05) is 23.1 Å². The molecule has 2 aliphatic heterocycles. The topological polar surface area (TPSA) is 35.6 Å². The molecule has 2 aromatic carbocycles. The summed E-state index contributed by atoms with van der Waals surface area (Å²) in [6.07, 6.45) is 4.13. The standard InChI is InChI=1S/C22H27N3O/c26-22(25-17-11-19-8-4-5-9-21(19)25)23-20-12-15-24(16-13-20)14-10-18-6-2-1-3-7-18/h1-9,20H,10-17H2,(H,23,26). The first-order valence-corrected chi connectivity index (χ1v) is 9.72. The summed E-state index contributed by atoms with van der Waals surface area (Å²) in [7, 11) is 0. The summed E-state index contributed by atoms with van der Waals surface area (Å²) in [5.74, 6) is 0. The molecule has 0 radical (unpaired) electrons. The van der Waals surface area contributed by atoms with Crippen LogP contribution in [0.1, 0.15) is 24.0 Å². The summed E-state index contributed by atoms with van der Waals surface area (Å²) in [5, 5.41) is 3.26. The smallest absolute Gasteiger partial charge is 0.322 e. The number of fused-ring (bicyclic) bond motifs is 1. The van der Waals surface area contributed by atoms with E-state index in [0.29, 0.717) is 6.04 Å². The molecule has 0 spiro atoms. The number of carbonyl (C=O) groups is 1. The third kappa shape index (κ3) is 3.91. The number of benzene rings is 2. The highest BCUT2D eigenvalue weighted by Crippen LogP contribution is 2.27. The molecule has 2 heterocycles. The van der Waals surface area contributed by atoms with Crippen LogP contribution in [0.3, 0.4) is 0 Å². The third-order valence-electron chi connectivity index (χ3n) is 5.61. The van der Waals surface area contributed by atoms with Crippen LogP contribution >= 0.6 is 0 Å². The number of amides is 2. The number of hydrogen-bond donors (Lipinski definition) is 1. The summed E-state index contributed by atoms with van der Waals surface area (Å²) in [6, 6.07) is 19.3. The van der Waals surface area contributed by atoms with Crippen LogP contribution in [0.15, 0.2) is 54.6 Å². The fourth-order valence-electron chi connectivity index (χ4n) is 4.03. The van der Waals surface area contributed by atoms with E-state index in [2.05, 4.69) is 46.6 Å². The molecule has 2 amide bonds. The van der Waals surface area contributed by atoms with Gasteiger partial charge in [-0.2, -0.15) is 0 Å². The lowest BCUT2D eigenvalue weighted by Crippen LogP contribution is -2.49. The molecule has 26 heavy (non-hydrogen) atoms. The minimum Gasteiger partial charge on any atom is -0.335 e. The van der Waals surface area contributed by atoms with Crippen LogP contribution < -0.4 is 10.2 Å². The fraction of sp³-hybridized carbons (Fsp3) is 0.409. The first kappa shape index (κ1) is 17.1. The molecule has 1 fully saturated rings. The Hall–Kier alpha value is -2.33. The van der Waals surface area contributed by atoms with Gasteiger partial charge in [0.05, 0.1) is 0 Å². The van der Waals surface area contributed by atoms with Crippen molar-refractivity contribution in [3.05, 3.63) is 65.7 Å². The molecule has 1 N–H and O–H groups in total. The number of piperidine rings is 1. The normalized spacial score (nSPS) is 17.9. The lowest BCUT2D eigenvalue weighted by Gasteiger charge is -2.33. The maximum Gasteiger partial charge on any atom is 0.322 e. The highest BCUT2D eigenvalue weighted by Gasteiger charge is 2.27. The molecule has 2 aliphatic rings. The summed E-state index contributed by atoms with van der Waals surface area (Å²) < 4.78 is 0. The van der Waals surface area contributed by atoms with Gasteiger partial charge in [-0.1, -0.05) is 48.5 Å². The molecule has 0 aromatic heterocycles. The van der Waals surface area contributed by atoms with Crippen LogP contribution in [0.2, 0.25) is 0 Å². The fourth-order valence-corrected chi connectivity index (χ4v) is 4.03. The highest BCUT2D eigenvalue weighted by molar-refractivity contribution is 5.94. The number of carbonyl (C=O) groups excluding carboxylic acids is 1. The van der Waals surface area contributed by atoms with Crippen LogP contribution in [-0.2, 0) is 12.8 Å². The van der Waals surface area contributed by atoms with Crippen molar-refractivity contribution in [2.75, 3.05) is 31.1 Å². The molecule has 0 saturated carbocycles. The Kier molecular flexibility index (Phi) is 5.21. The Morgan fingerprint density at radius 3 is 2.50 bits per heavy atom. The summed E-state index contributed by atoms with van der Waals surface area (Å²) in [6.45, 7) is 4.02. The van der Waals surface area contributed by atoms with Crippen molar-refractivity contribution >= 4 is 11.7 Å². The van der Waals surface area contributed by atoms with Crippen LogP contribution in [0.4, 0.5) is 10.5 Å². The Morgan fingerprint density at radius 2 is 1.69 bits per heavy atom. The molecule has 0 bridgehead atoms. The molecule has 4 heteroatoms. The average Bonchev–Trinajstić information content (AvgIpc) is 3.12. The number of urea groups is 1. The first-order chi connectivity index (χ1) is 12.8. The van der Waals surface area contributed by atoms with E-state index in [-0.39, 0.29) is 6.03 Å². The van der Waals surface area contributed by atoms with Gasteiger partial charge < -0.3 is 10.2 Å². The maximum atomic E-state index is 12.7. The molecular formula is C22H27N3O. The Labute approximate surface area is 155 Å². The number of nitrogens with one attached hydrogen (secondary N) is 1. The second kappa shape index (κ2) is 7.92. The SMILES string of the molecule is O=C(NC1CCN(CCc2ccccc2)CC1)N1CCc2ccccc21. The molecular weight excluding hydrogens is 322 g/mol.